The van der Waals surface area contributed by atoms with Gasteiger partial charge in [-0.15, -0.1) is 0 Å². The van der Waals surface area contributed by atoms with Gasteiger partial charge in [-0.2, -0.15) is 0 Å². The molecule has 0 saturated carbocycles. The topological polar surface area (TPSA) is 75.3 Å². The Morgan fingerprint density at radius 2 is 1.21 bits per heavy atom. The number of ketones is 1. The molecule has 0 atom stereocenters. The van der Waals surface area contributed by atoms with E-state index in [0.29, 0.717) is 11.3 Å². The minimum absolute atomic E-state index is 0.122. The number of para-hydroxylation sites is 1. The number of amides is 2. The number of carbonyl (C=O) groups is 3. The summed E-state index contributed by atoms with van der Waals surface area (Å²) in [5.74, 6) is -3.04. The van der Waals surface area contributed by atoms with Crippen molar-refractivity contribution in [1.29, 1.82) is 0 Å². The van der Waals surface area contributed by atoms with Gasteiger partial charge in [0, 0.05) is 22.4 Å². The van der Waals surface area contributed by atoms with Gasteiger partial charge in [0.1, 0.15) is 17.3 Å². The molecule has 7 heteroatoms. The number of hydrogen-bond acceptors (Lipinski definition) is 3. The average Bonchev–Trinajstić information content (AvgIpc) is 2.71. The number of hydrogen-bond donors (Lipinski definition) is 2. The van der Waals surface area contributed by atoms with Gasteiger partial charge in [0.15, 0.2) is 5.78 Å². The van der Waals surface area contributed by atoms with E-state index >= 15 is 0 Å². The van der Waals surface area contributed by atoms with E-state index in [0.717, 1.165) is 12.1 Å². The van der Waals surface area contributed by atoms with Crippen LogP contribution in [0.5, 0.6) is 0 Å². The van der Waals surface area contributed by atoms with Crippen molar-refractivity contribution in [2.24, 2.45) is 0 Å². The zero-order chi connectivity index (χ0) is 21.0. The van der Waals surface area contributed by atoms with Crippen molar-refractivity contribution in [3.05, 3.63) is 95.1 Å². The largest absolute Gasteiger partial charge is 0.322 e. The number of anilines is 2. The fourth-order valence-corrected chi connectivity index (χ4v) is 2.60. The van der Waals surface area contributed by atoms with Crippen LogP contribution >= 0.6 is 0 Å². The highest BCUT2D eigenvalue weighted by molar-refractivity contribution is 6.07. The zero-order valence-corrected chi connectivity index (χ0v) is 15.3. The molecule has 3 rings (SSSR count). The predicted molar refractivity (Wildman–Crippen MR) is 105 cm³/mol. The smallest absolute Gasteiger partial charge is 0.255 e. The van der Waals surface area contributed by atoms with E-state index < -0.39 is 29.1 Å². The van der Waals surface area contributed by atoms with Crippen molar-refractivity contribution in [1.82, 2.24) is 0 Å². The van der Waals surface area contributed by atoms with E-state index in [1.54, 1.807) is 24.3 Å². The Bertz CT molecular complexity index is 1080. The lowest BCUT2D eigenvalue weighted by Gasteiger charge is -2.09. The Morgan fingerprint density at radius 3 is 1.76 bits per heavy atom. The fraction of sp³-hybridized carbons (Fsp3) is 0.0455. The van der Waals surface area contributed by atoms with Crippen LogP contribution < -0.4 is 10.6 Å². The van der Waals surface area contributed by atoms with Crippen molar-refractivity contribution in [3.8, 4) is 0 Å². The highest BCUT2D eigenvalue weighted by Gasteiger charge is 2.14. The molecule has 0 bridgehead atoms. The van der Waals surface area contributed by atoms with Crippen LogP contribution in [0.2, 0.25) is 0 Å². The van der Waals surface area contributed by atoms with Crippen molar-refractivity contribution in [3.63, 3.8) is 0 Å². The second kappa shape index (κ2) is 8.43. The van der Waals surface area contributed by atoms with E-state index in [-0.39, 0.29) is 16.9 Å². The van der Waals surface area contributed by atoms with Gasteiger partial charge in [-0.3, -0.25) is 14.4 Å². The molecule has 0 aliphatic rings. The SMILES string of the molecule is CC(=O)c1cccc(NC(=O)c2ccc(C(=O)Nc3c(F)cccc3F)cc2)c1. The minimum atomic E-state index is -0.887. The maximum atomic E-state index is 13.7. The summed E-state index contributed by atoms with van der Waals surface area (Å²) >= 11 is 0. The van der Waals surface area contributed by atoms with Gasteiger partial charge in [-0.05, 0) is 55.5 Å². The summed E-state index contributed by atoms with van der Waals surface area (Å²) in [7, 11) is 0. The van der Waals surface area contributed by atoms with E-state index in [2.05, 4.69) is 10.6 Å². The Morgan fingerprint density at radius 1 is 0.690 bits per heavy atom. The lowest BCUT2D eigenvalue weighted by molar-refractivity contribution is 0.101. The Labute approximate surface area is 165 Å². The molecule has 0 fully saturated rings. The average molecular weight is 394 g/mol. The highest BCUT2D eigenvalue weighted by Crippen LogP contribution is 2.19. The molecule has 2 N–H and O–H groups in total. The molecule has 3 aromatic rings. The number of halogens is 2. The summed E-state index contributed by atoms with van der Waals surface area (Å²) in [6.07, 6.45) is 0. The van der Waals surface area contributed by atoms with Crippen LogP contribution in [0.4, 0.5) is 20.2 Å². The van der Waals surface area contributed by atoms with Gasteiger partial charge in [0.25, 0.3) is 11.8 Å². The first-order valence-corrected chi connectivity index (χ1v) is 8.63. The first-order chi connectivity index (χ1) is 13.8. The Kier molecular flexibility index (Phi) is 5.78. The zero-order valence-electron chi connectivity index (χ0n) is 15.3. The minimum Gasteiger partial charge on any atom is -0.322 e. The van der Waals surface area contributed by atoms with E-state index in [1.807, 2.05) is 0 Å². The highest BCUT2D eigenvalue weighted by atomic mass is 19.1. The fourth-order valence-electron chi connectivity index (χ4n) is 2.60. The van der Waals surface area contributed by atoms with Crippen LogP contribution in [-0.2, 0) is 0 Å². The van der Waals surface area contributed by atoms with Crippen molar-refractivity contribution >= 4 is 29.0 Å². The summed E-state index contributed by atoms with van der Waals surface area (Å²) in [6, 6.07) is 15.3. The summed E-state index contributed by atoms with van der Waals surface area (Å²) in [6.45, 7) is 1.43. The quantitative estimate of drug-likeness (QED) is 0.618. The van der Waals surface area contributed by atoms with E-state index in [4.69, 9.17) is 0 Å². The Hall–Kier alpha value is -3.87. The van der Waals surface area contributed by atoms with Crippen LogP contribution in [0, 0.1) is 11.6 Å². The van der Waals surface area contributed by atoms with Crippen LogP contribution in [0.1, 0.15) is 38.0 Å². The lowest BCUT2D eigenvalue weighted by atomic mass is 10.1. The molecule has 29 heavy (non-hydrogen) atoms. The second-order valence-corrected chi connectivity index (χ2v) is 6.22. The third-order valence-corrected chi connectivity index (χ3v) is 4.14. The lowest BCUT2D eigenvalue weighted by Crippen LogP contribution is -2.15. The molecular formula is C22H16F2N2O3. The number of carbonyl (C=O) groups excluding carboxylic acids is 3. The molecule has 0 heterocycles. The number of rotatable bonds is 5. The first-order valence-electron chi connectivity index (χ1n) is 8.63. The van der Waals surface area contributed by atoms with Crippen molar-refractivity contribution in [2.75, 3.05) is 10.6 Å². The molecular weight excluding hydrogens is 378 g/mol. The monoisotopic (exact) mass is 394 g/mol. The maximum absolute atomic E-state index is 13.7. The number of nitrogens with one attached hydrogen (secondary N) is 2. The molecule has 146 valence electrons. The molecule has 0 aliphatic carbocycles. The third kappa shape index (κ3) is 4.70. The maximum Gasteiger partial charge on any atom is 0.255 e. The van der Waals surface area contributed by atoms with Crippen LogP contribution in [0.25, 0.3) is 0 Å². The number of Topliss-reactive ketones (excluding diaryl/α,β-unsaturated/α-hetero) is 1. The summed E-state index contributed by atoms with van der Waals surface area (Å²) in [4.78, 5) is 36.0. The van der Waals surface area contributed by atoms with Crippen LogP contribution in [-0.4, -0.2) is 17.6 Å². The molecule has 0 unspecified atom stereocenters. The van der Waals surface area contributed by atoms with Crippen LogP contribution in [0.15, 0.2) is 66.7 Å². The molecule has 3 aromatic carbocycles. The molecule has 5 nitrogen and oxygen atoms in total. The standard InChI is InChI=1S/C22H16F2N2O3/c1-13(27)16-4-2-5-17(12-16)25-21(28)14-8-10-15(11-9-14)22(29)26-20-18(23)6-3-7-19(20)24/h2-12H,1H3,(H,25,28)(H,26,29). The van der Waals surface area contributed by atoms with Gasteiger partial charge in [-0.1, -0.05) is 18.2 Å². The van der Waals surface area contributed by atoms with E-state index in [1.165, 1.54) is 37.3 Å². The molecule has 0 radical (unpaired) electrons. The molecule has 0 aliphatic heterocycles. The van der Waals surface area contributed by atoms with Gasteiger partial charge >= 0.3 is 0 Å². The van der Waals surface area contributed by atoms with Gasteiger partial charge in [-0.25, -0.2) is 8.78 Å². The van der Waals surface area contributed by atoms with Crippen molar-refractivity contribution < 1.29 is 23.2 Å². The van der Waals surface area contributed by atoms with Gasteiger partial charge in [0.2, 0.25) is 0 Å². The predicted octanol–water partition coefficient (Wildman–Crippen LogP) is 4.67. The van der Waals surface area contributed by atoms with Crippen molar-refractivity contribution in [2.45, 2.75) is 6.92 Å². The summed E-state index contributed by atoms with van der Waals surface area (Å²) < 4.78 is 27.3. The molecule has 0 spiro atoms. The third-order valence-electron chi connectivity index (χ3n) is 4.14. The van der Waals surface area contributed by atoms with Gasteiger partial charge in [0.05, 0.1) is 0 Å². The number of benzene rings is 3. The van der Waals surface area contributed by atoms with Crippen LogP contribution in [0.3, 0.4) is 0 Å². The normalized spacial score (nSPS) is 10.3. The summed E-state index contributed by atoms with van der Waals surface area (Å²) in [5, 5.41) is 4.84. The second-order valence-electron chi connectivity index (χ2n) is 6.22. The molecule has 0 aromatic heterocycles. The van der Waals surface area contributed by atoms with Gasteiger partial charge < -0.3 is 10.6 Å². The van der Waals surface area contributed by atoms with E-state index in [9.17, 15) is 23.2 Å². The Balaban J connectivity index is 1.71. The summed E-state index contributed by atoms with van der Waals surface area (Å²) in [5.41, 5.74) is 0.786. The molecule has 0 saturated heterocycles. The molecule has 2 amide bonds. The first kappa shape index (κ1) is 19.9.